The fourth-order valence-electron chi connectivity index (χ4n) is 5.06. The molecule has 1 aliphatic heterocycles. The summed E-state index contributed by atoms with van der Waals surface area (Å²) in [6.45, 7) is 5.57. The van der Waals surface area contributed by atoms with Crippen LogP contribution in [-0.4, -0.2) is 16.9 Å². The normalized spacial score (nSPS) is 25.5. The number of anilines is 1. The maximum atomic E-state index is 13.6. The lowest BCUT2D eigenvalue weighted by molar-refractivity contribution is -0.585. The van der Waals surface area contributed by atoms with Crippen molar-refractivity contribution in [3.8, 4) is 12.1 Å². The number of carbonyl (C=O) groups excluding carboxylic acids is 1. The third-order valence-electron chi connectivity index (χ3n) is 6.32. The van der Waals surface area contributed by atoms with Crippen molar-refractivity contribution >= 4 is 11.6 Å². The lowest BCUT2D eigenvalue weighted by Gasteiger charge is -2.32. The quantitative estimate of drug-likeness (QED) is 0.444. The Bertz CT molecular complexity index is 1150. The van der Waals surface area contributed by atoms with Gasteiger partial charge in [-0.2, -0.15) is 10.5 Å². The van der Waals surface area contributed by atoms with Gasteiger partial charge >= 0.3 is 0 Å². The predicted octanol–water partition coefficient (Wildman–Crippen LogP) is 3.74. The molecule has 7 nitrogen and oxygen atoms in total. The van der Waals surface area contributed by atoms with Gasteiger partial charge in [0.25, 0.3) is 11.4 Å². The van der Waals surface area contributed by atoms with Crippen molar-refractivity contribution in [2.75, 3.05) is 4.90 Å². The molecular formula is C23H18N4O3. The molecule has 0 aromatic heterocycles. The summed E-state index contributed by atoms with van der Waals surface area (Å²) in [5.41, 5.74) is -1.74. The van der Waals surface area contributed by atoms with Crippen LogP contribution in [0.4, 0.5) is 5.69 Å². The third kappa shape index (κ3) is 2.20. The zero-order valence-corrected chi connectivity index (χ0v) is 16.3. The summed E-state index contributed by atoms with van der Waals surface area (Å²) in [5, 5.41) is 32.7. The predicted molar refractivity (Wildman–Crippen MR) is 109 cm³/mol. The summed E-state index contributed by atoms with van der Waals surface area (Å²) in [4.78, 5) is 27.1. The molecule has 1 amide bonds. The molecule has 2 aromatic carbocycles. The highest BCUT2D eigenvalue weighted by atomic mass is 16.6. The van der Waals surface area contributed by atoms with E-state index in [0.29, 0.717) is 16.8 Å². The number of amides is 1. The van der Waals surface area contributed by atoms with Crippen LogP contribution in [0.1, 0.15) is 27.9 Å². The largest absolute Gasteiger partial charge is 0.294 e. The van der Waals surface area contributed by atoms with Crippen molar-refractivity contribution in [1.82, 2.24) is 0 Å². The Morgan fingerprint density at radius 2 is 1.93 bits per heavy atom. The first kappa shape index (κ1) is 19.4. The molecule has 3 atom stereocenters. The number of carbonyl (C=O) groups is 1. The van der Waals surface area contributed by atoms with E-state index in [0.717, 1.165) is 5.56 Å². The highest BCUT2D eigenvalue weighted by molar-refractivity contribution is 6.08. The smallest absolute Gasteiger partial charge is 0.278 e. The average Bonchev–Trinajstić information content (AvgIpc) is 3.23. The van der Waals surface area contributed by atoms with Crippen LogP contribution in [0.2, 0.25) is 0 Å². The second kappa shape index (κ2) is 6.53. The number of nitro groups is 1. The number of benzene rings is 2. The van der Waals surface area contributed by atoms with Crippen LogP contribution in [0.25, 0.3) is 0 Å². The molecule has 148 valence electrons. The topological polar surface area (TPSA) is 111 Å². The fourth-order valence-corrected chi connectivity index (χ4v) is 5.06. The highest BCUT2D eigenvalue weighted by Gasteiger charge is 2.77. The van der Waals surface area contributed by atoms with Crippen LogP contribution in [0.3, 0.4) is 0 Å². The summed E-state index contributed by atoms with van der Waals surface area (Å²) in [7, 11) is 0. The van der Waals surface area contributed by atoms with Crippen molar-refractivity contribution in [3.63, 3.8) is 0 Å². The van der Waals surface area contributed by atoms with Gasteiger partial charge in [-0.05, 0) is 37.6 Å². The van der Waals surface area contributed by atoms with Gasteiger partial charge in [-0.3, -0.25) is 19.8 Å². The van der Waals surface area contributed by atoms with Crippen LogP contribution in [-0.2, 0) is 5.54 Å². The molecule has 1 fully saturated rings. The molecule has 2 aromatic rings. The monoisotopic (exact) mass is 398 g/mol. The van der Waals surface area contributed by atoms with Gasteiger partial charge in [-0.15, -0.1) is 6.58 Å². The number of nitrogens with zero attached hydrogens (tertiary/aromatic N) is 4. The zero-order valence-electron chi connectivity index (χ0n) is 16.3. The van der Waals surface area contributed by atoms with E-state index < -0.39 is 33.7 Å². The number of aryl methyl sites for hydroxylation is 1. The van der Waals surface area contributed by atoms with E-state index in [1.165, 1.54) is 11.0 Å². The van der Waals surface area contributed by atoms with Crippen molar-refractivity contribution in [1.29, 1.82) is 10.5 Å². The summed E-state index contributed by atoms with van der Waals surface area (Å²) >= 11 is 0. The maximum Gasteiger partial charge on any atom is 0.278 e. The van der Waals surface area contributed by atoms with Gasteiger partial charge in [0, 0.05) is 10.5 Å². The molecule has 0 radical (unpaired) electrons. The van der Waals surface area contributed by atoms with Crippen molar-refractivity contribution < 1.29 is 9.72 Å². The fraction of sp³-hybridized carbons (Fsp3) is 0.261. The van der Waals surface area contributed by atoms with Gasteiger partial charge in [-0.25, -0.2) is 0 Å². The molecule has 2 aliphatic rings. The molecule has 1 aliphatic carbocycles. The average molecular weight is 398 g/mol. The van der Waals surface area contributed by atoms with Gasteiger partial charge in [0.15, 0.2) is 5.41 Å². The number of hydrogen-bond donors (Lipinski definition) is 0. The minimum atomic E-state index is -1.82. The van der Waals surface area contributed by atoms with Gasteiger partial charge in [0.1, 0.15) is 6.04 Å². The lowest BCUT2D eigenvalue weighted by atomic mass is 9.77. The molecule has 4 rings (SSSR count). The summed E-state index contributed by atoms with van der Waals surface area (Å²) < 4.78 is 0. The summed E-state index contributed by atoms with van der Waals surface area (Å²) in [6, 6.07) is 16.3. The van der Waals surface area contributed by atoms with E-state index in [9.17, 15) is 25.4 Å². The van der Waals surface area contributed by atoms with Crippen LogP contribution in [0, 0.1) is 51.0 Å². The lowest BCUT2D eigenvalue weighted by Crippen LogP contribution is -2.55. The van der Waals surface area contributed by atoms with Crippen molar-refractivity contribution in [2.24, 2.45) is 11.3 Å². The molecule has 1 heterocycles. The van der Waals surface area contributed by atoms with E-state index in [-0.39, 0.29) is 6.42 Å². The third-order valence-corrected chi connectivity index (χ3v) is 6.32. The van der Waals surface area contributed by atoms with Gasteiger partial charge < -0.3 is 0 Å². The van der Waals surface area contributed by atoms with Crippen molar-refractivity contribution in [2.45, 2.75) is 24.9 Å². The second-order valence-electron chi connectivity index (χ2n) is 7.79. The highest BCUT2D eigenvalue weighted by Crippen LogP contribution is 2.63. The zero-order chi connectivity index (χ0) is 21.7. The molecule has 0 unspecified atom stereocenters. The summed E-state index contributed by atoms with van der Waals surface area (Å²) in [5.74, 6) is -1.26. The number of hydrogen-bond acceptors (Lipinski definition) is 5. The Hall–Kier alpha value is -3.97. The van der Waals surface area contributed by atoms with Crippen LogP contribution < -0.4 is 4.90 Å². The SMILES string of the molecule is C=C[C@H]1CC(C#N)(C#N)[C@@H]2N(C(=O)c3ccccc3)c3ccc(C)cc3[C@]12[N+](=O)[O-]. The summed E-state index contributed by atoms with van der Waals surface area (Å²) in [6.07, 6.45) is 1.37. The maximum absolute atomic E-state index is 13.6. The molecule has 30 heavy (non-hydrogen) atoms. The van der Waals surface area contributed by atoms with Gasteiger partial charge in [0.2, 0.25) is 0 Å². The number of fused-ring (bicyclic) bond motifs is 3. The Balaban J connectivity index is 2.09. The molecule has 7 heteroatoms. The minimum absolute atomic E-state index is 0.0684. The van der Waals surface area contributed by atoms with Crippen LogP contribution in [0.15, 0.2) is 61.2 Å². The van der Waals surface area contributed by atoms with E-state index in [2.05, 4.69) is 6.58 Å². The van der Waals surface area contributed by atoms with E-state index in [1.54, 1.807) is 48.5 Å². The molecule has 1 saturated carbocycles. The Morgan fingerprint density at radius 3 is 2.50 bits per heavy atom. The number of rotatable bonds is 3. The molecular weight excluding hydrogens is 380 g/mol. The first-order valence-electron chi connectivity index (χ1n) is 9.46. The molecule has 0 saturated heterocycles. The Labute approximate surface area is 173 Å². The van der Waals surface area contributed by atoms with E-state index >= 15 is 0 Å². The minimum Gasteiger partial charge on any atom is -0.294 e. The van der Waals surface area contributed by atoms with Gasteiger partial charge in [0.05, 0.1) is 29.3 Å². The van der Waals surface area contributed by atoms with Gasteiger partial charge in [-0.1, -0.05) is 35.9 Å². The molecule has 0 spiro atoms. The molecule has 0 N–H and O–H groups in total. The Kier molecular flexibility index (Phi) is 4.22. The first-order chi connectivity index (χ1) is 14.4. The van der Waals surface area contributed by atoms with E-state index in [1.807, 2.05) is 19.1 Å². The number of nitriles is 2. The van der Waals surface area contributed by atoms with Crippen molar-refractivity contribution in [3.05, 3.63) is 88.0 Å². The van der Waals surface area contributed by atoms with E-state index in [4.69, 9.17) is 0 Å². The van der Waals surface area contributed by atoms with Crippen LogP contribution in [0.5, 0.6) is 0 Å². The second-order valence-corrected chi connectivity index (χ2v) is 7.79. The Morgan fingerprint density at radius 1 is 1.27 bits per heavy atom. The molecule has 0 bridgehead atoms. The standard InChI is InChI=1S/C23H18N4O3/c1-3-17-12-22(13-24,14-25)21-23(17,27(29)30)18-11-15(2)9-10-19(18)26(21)20(28)16-7-5-4-6-8-16/h3-11,17,21H,1,12H2,2H3/t17-,21-,23+/m0/s1. The first-order valence-corrected chi connectivity index (χ1v) is 9.46. The van der Waals surface area contributed by atoms with Crippen LogP contribution >= 0.6 is 0 Å².